The van der Waals surface area contributed by atoms with Gasteiger partial charge in [0.05, 0.1) is 12.7 Å². The van der Waals surface area contributed by atoms with E-state index < -0.39 is 54.9 Å². The first-order valence-corrected chi connectivity index (χ1v) is 14.8. The molecule has 0 aromatic heterocycles. The Bertz CT molecular complexity index is 875. The van der Waals surface area contributed by atoms with Crippen molar-refractivity contribution in [3.8, 4) is 0 Å². The molecule has 234 valence electrons. The molecule has 0 bridgehead atoms. The van der Waals surface area contributed by atoms with Gasteiger partial charge in [0.1, 0.15) is 31.0 Å². The maximum absolute atomic E-state index is 15.7. The van der Waals surface area contributed by atoms with Crippen LogP contribution in [0.25, 0.3) is 0 Å². The summed E-state index contributed by atoms with van der Waals surface area (Å²) in [4.78, 5) is 24.1. The Kier molecular flexibility index (Phi) is 16.1. The van der Waals surface area contributed by atoms with E-state index in [2.05, 4.69) is 5.32 Å². The number of aliphatic carboxylic acids is 1. The second-order valence-corrected chi connectivity index (χ2v) is 10.3. The normalized spacial score (nSPS) is 21.8. The van der Waals surface area contributed by atoms with Crippen molar-refractivity contribution >= 4 is 12.1 Å². The quantitative estimate of drug-likeness (QED) is 0.186. The van der Waals surface area contributed by atoms with Crippen molar-refractivity contribution in [2.45, 2.75) is 115 Å². The van der Waals surface area contributed by atoms with E-state index in [4.69, 9.17) is 23.7 Å². The van der Waals surface area contributed by atoms with Gasteiger partial charge in [-0.2, -0.15) is 0 Å². The zero-order valence-electron chi connectivity index (χ0n) is 24.5. The van der Waals surface area contributed by atoms with Gasteiger partial charge in [-0.1, -0.05) is 70.4 Å². The molecule has 5 atom stereocenters. The summed E-state index contributed by atoms with van der Waals surface area (Å²) in [6, 6.07) is 6.84. The molecule has 0 saturated carbocycles. The maximum Gasteiger partial charge on any atom is 0.408 e. The van der Waals surface area contributed by atoms with Crippen molar-refractivity contribution in [3.63, 3.8) is 0 Å². The Labute approximate surface area is 242 Å². The van der Waals surface area contributed by atoms with E-state index in [0.717, 1.165) is 38.5 Å². The van der Waals surface area contributed by atoms with Crippen LogP contribution in [0.2, 0.25) is 0 Å². The highest BCUT2D eigenvalue weighted by atomic mass is 19.3. The fourth-order valence-electron chi connectivity index (χ4n) is 4.41. The van der Waals surface area contributed by atoms with Crippen molar-refractivity contribution in [1.82, 2.24) is 5.32 Å². The Hall–Kier alpha value is -2.34. The summed E-state index contributed by atoms with van der Waals surface area (Å²) in [5, 5.41) is 11.7. The number of amides is 1. The first-order chi connectivity index (χ1) is 19.7. The van der Waals surface area contributed by atoms with Gasteiger partial charge in [-0.15, -0.1) is 0 Å². The zero-order valence-corrected chi connectivity index (χ0v) is 24.5. The molecule has 1 unspecified atom stereocenters. The monoisotopic (exact) mass is 587 g/mol. The van der Waals surface area contributed by atoms with Gasteiger partial charge in [0, 0.05) is 32.7 Å². The molecule has 1 amide bonds. The van der Waals surface area contributed by atoms with Crippen LogP contribution in [0, 0.1) is 0 Å². The molecule has 1 fully saturated rings. The molecule has 0 radical (unpaired) electrons. The fraction of sp³-hybridized carbons (Fsp3) is 0.733. The lowest BCUT2D eigenvalue weighted by molar-refractivity contribution is -0.260. The van der Waals surface area contributed by atoms with Crippen molar-refractivity contribution in [2.75, 3.05) is 26.4 Å². The molecule has 1 heterocycles. The second kappa shape index (κ2) is 19.0. The molecule has 0 spiro atoms. The molecule has 41 heavy (non-hydrogen) atoms. The van der Waals surface area contributed by atoms with Gasteiger partial charge in [-0.05, 0) is 24.8 Å². The summed E-state index contributed by atoms with van der Waals surface area (Å²) in [6.07, 6.45) is -1.18. The topological polar surface area (TPSA) is 113 Å². The SMILES string of the molecule is CCCCOC[C@H]1O[C@@H](C(F)(F)CC(NC(=O)OCc2ccccc2)C(=O)O)C[C@@H](OCCCC)[C@H]1OCCCC. The van der Waals surface area contributed by atoms with Gasteiger partial charge >= 0.3 is 12.1 Å². The molecule has 11 heteroatoms. The minimum atomic E-state index is -3.61. The van der Waals surface area contributed by atoms with Crippen LogP contribution >= 0.6 is 0 Å². The van der Waals surface area contributed by atoms with Gasteiger partial charge in [0.2, 0.25) is 0 Å². The van der Waals surface area contributed by atoms with E-state index in [0.29, 0.717) is 25.4 Å². The zero-order chi connectivity index (χ0) is 30.1. The molecule has 9 nitrogen and oxygen atoms in total. The first-order valence-electron chi connectivity index (χ1n) is 14.8. The molecule has 1 aliphatic heterocycles. The van der Waals surface area contributed by atoms with E-state index in [-0.39, 0.29) is 19.6 Å². The minimum Gasteiger partial charge on any atom is -0.480 e. The fourth-order valence-corrected chi connectivity index (χ4v) is 4.41. The van der Waals surface area contributed by atoms with E-state index in [1.54, 1.807) is 30.3 Å². The van der Waals surface area contributed by atoms with Crippen molar-refractivity contribution in [1.29, 1.82) is 0 Å². The third-order valence-electron chi connectivity index (χ3n) is 6.83. The number of carboxylic acid groups (broad SMARTS) is 1. The van der Waals surface area contributed by atoms with Gasteiger partial charge in [-0.3, -0.25) is 0 Å². The van der Waals surface area contributed by atoms with Crippen LogP contribution in [0.1, 0.15) is 77.7 Å². The molecule has 0 aliphatic carbocycles. The molecule has 2 N–H and O–H groups in total. The average molecular weight is 588 g/mol. The van der Waals surface area contributed by atoms with Crippen LogP contribution in [-0.4, -0.2) is 80.0 Å². The van der Waals surface area contributed by atoms with Crippen LogP contribution in [0.15, 0.2) is 30.3 Å². The third kappa shape index (κ3) is 12.6. The third-order valence-corrected chi connectivity index (χ3v) is 6.83. The van der Waals surface area contributed by atoms with Crippen molar-refractivity contribution in [3.05, 3.63) is 35.9 Å². The van der Waals surface area contributed by atoms with Crippen LogP contribution in [-0.2, 0) is 35.1 Å². The number of unbranched alkanes of at least 4 members (excludes halogenated alkanes) is 3. The summed E-state index contributed by atoms with van der Waals surface area (Å²) in [7, 11) is 0. The lowest BCUT2D eigenvalue weighted by atomic mass is 9.91. The van der Waals surface area contributed by atoms with E-state index in [9.17, 15) is 14.7 Å². The smallest absolute Gasteiger partial charge is 0.408 e. The minimum absolute atomic E-state index is 0.0451. The number of carbonyl (C=O) groups is 2. The Morgan fingerprint density at radius 1 is 1.02 bits per heavy atom. The molecular weight excluding hydrogens is 540 g/mol. The Balaban J connectivity index is 2.14. The highest BCUT2D eigenvalue weighted by molar-refractivity contribution is 5.80. The number of nitrogens with one attached hydrogen (secondary N) is 1. The van der Waals surface area contributed by atoms with Crippen LogP contribution in [0.5, 0.6) is 0 Å². The number of hydrogen-bond acceptors (Lipinski definition) is 7. The Morgan fingerprint density at radius 3 is 2.29 bits per heavy atom. The molecule has 1 aromatic carbocycles. The highest BCUT2D eigenvalue weighted by Gasteiger charge is 2.52. The average Bonchev–Trinajstić information content (AvgIpc) is 2.95. The number of carbonyl (C=O) groups excluding carboxylic acids is 1. The summed E-state index contributed by atoms with van der Waals surface area (Å²) in [6.45, 7) is 7.24. The number of carboxylic acids is 1. The number of alkyl carbamates (subject to hydrolysis) is 1. The summed E-state index contributed by atoms with van der Waals surface area (Å²) in [5.41, 5.74) is 0.674. The van der Waals surface area contributed by atoms with Gasteiger partial charge in [0.25, 0.3) is 5.92 Å². The molecule has 1 saturated heterocycles. The lowest BCUT2D eigenvalue weighted by Crippen LogP contribution is -2.58. The van der Waals surface area contributed by atoms with E-state index >= 15 is 8.78 Å². The molecule has 2 rings (SSSR count). The first kappa shape index (κ1) is 34.9. The number of rotatable bonds is 20. The van der Waals surface area contributed by atoms with Gasteiger partial charge in [0.15, 0.2) is 0 Å². The number of benzene rings is 1. The standard InChI is InChI=1S/C30H47F2NO8/c1-4-7-15-37-21-25-27(39-17-9-6-3)24(38-16-8-5-2)18-26(41-25)30(31,32)19-23(28(34)35)33-29(36)40-20-22-13-11-10-12-14-22/h10-14,23-27H,4-9,15-21H2,1-3H3,(H,33,36)(H,34,35)/t23?,24-,25-,26-,27-/m1/s1. The van der Waals surface area contributed by atoms with Gasteiger partial charge < -0.3 is 34.1 Å². The van der Waals surface area contributed by atoms with E-state index in [1.807, 2.05) is 20.8 Å². The molecule has 1 aromatic rings. The Morgan fingerprint density at radius 2 is 1.66 bits per heavy atom. The second-order valence-electron chi connectivity index (χ2n) is 10.3. The largest absolute Gasteiger partial charge is 0.480 e. The summed E-state index contributed by atoms with van der Waals surface area (Å²) < 4.78 is 60.2. The number of halogens is 2. The van der Waals surface area contributed by atoms with E-state index in [1.165, 1.54) is 0 Å². The van der Waals surface area contributed by atoms with Crippen LogP contribution in [0.3, 0.4) is 0 Å². The van der Waals surface area contributed by atoms with Crippen molar-refractivity contribution < 1.29 is 47.2 Å². The molecular formula is C30H47F2NO8. The predicted octanol–water partition coefficient (Wildman–Crippen LogP) is 5.74. The number of hydrogen-bond donors (Lipinski definition) is 2. The lowest BCUT2D eigenvalue weighted by Gasteiger charge is -2.44. The number of ether oxygens (including phenoxy) is 5. The maximum atomic E-state index is 15.7. The summed E-state index contributed by atoms with van der Waals surface area (Å²) >= 11 is 0. The predicted molar refractivity (Wildman–Crippen MR) is 149 cm³/mol. The summed E-state index contributed by atoms with van der Waals surface area (Å²) in [5.74, 6) is -5.22. The van der Waals surface area contributed by atoms with Crippen LogP contribution in [0.4, 0.5) is 13.6 Å². The van der Waals surface area contributed by atoms with Gasteiger partial charge in [-0.25, -0.2) is 18.4 Å². The highest BCUT2D eigenvalue weighted by Crippen LogP contribution is 2.37. The van der Waals surface area contributed by atoms with Crippen LogP contribution < -0.4 is 5.32 Å². The number of alkyl halides is 2. The molecule has 1 aliphatic rings. The van der Waals surface area contributed by atoms with Crippen molar-refractivity contribution in [2.24, 2.45) is 0 Å².